The van der Waals surface area contributed by atoms with Gasteiger partial charge in [-0.3, -0.25) is 4.79 Å². The van der Waals surface area contributed by atoms with E-state index in [4.69, 9.17) is 9.47 Å². The molecule has 1 saturated heterocycles. The smallest absolute Gasteiger partial charge is 0.262 e. The molecule has 3 rings (SSSR count). The summed E-state index contributed by atoms with van der Waals surface area (Å²) in [5.74, 6) is 0.131. The van der Waals surface area contributed by atoms with Crippen molar-refractivity contribution in [2.24, 2.45) is 0 Å². The number of amides is 1. The monoisotopic (exact) mass is 340 g/mol. The Balaban J connectivity index is 1.98. The molecule has 1 aromatic carbocycles. The first-order valence-corrected chi connectivity index (χ1v) is 8.94. The van der Waals surface area contributed by atoms with Crippen LogP contribution in [0.4, 0.5) is 5.69 Å². The van der Waals surface area contributed by atoms with Crippen molar-refractivity contribution >= 4 is 21.6 Å². The van der Waals surface area contributed by atoms with E-state index in [1.165, 1.54) is 10.4 Å². The molecule has 0 saturated carbocycles. The first kappa shape index (κ1) is 16.2. The molecule has 8 heteroatoms. The average Bonchev–Trinajstić information content (AvgIpc) is 2.45. The molecule has 126 valence electrons. The lowest BCUT2D eigenvalue weighted by molar-refractivity contribution is -0.118. The molecule has 1 N–H and O–H groups in total. The lowest BCUT2D eigenvalue weighted by Gasteiger charge is -2.34. The Morgan fingerprint density at radius 1 is 1.22 bits per heavy atom. The Bertz CT molecular complexity index is 736. The lowest BCUT2D eigenvalue weighted by Crippen LogP contribution is -2.48. The van der Waals surface area contributed by atoms with Gasteiger partial charge in [-0.05, 0) is 32.4 Å². The van der Waals surface area contributed by atoms with Gasteiger partial charge >= 0.3 is 0 Å². The summed E-state index contributed by atoms with van der Waals surface area (Å²) in [7, 11) is -3.64. The first-order chi connectivity index (χ1) is 10.8. The third-order valence-electron chi connectivity index (χ3n) is 3.91. The number of carbonyl (C=O) groups excluding carboxylic acids is 1. The number of sulfonamides is 1. The molecule has 0 spiro atoms. The average molecular weight is 340 g/mol. The Hall–Kier alpha value is -1.64. The minimum Gasteiger partial charge on any atom is -0.482 e. The quantitative estimate of drug-likeness (QED) is 0.872. The molecule has 2 atom stereocenters. The molecule has 1 fully saturated rings. The topological polar surface area (TPSA) is 84.9 Å². The predicted molar refractivity (Wildman–Crippen MR) is 84.1 cm³/mol. The van der Waals surface area contributed by atoms with Crippen molar-refractivity contribution in [3.63, 3.8) is 0 Å². The third kappa shape index (κ3) is 3.06. The van der Waals surface area contributed by atoms with Crippen molar-refractivity contribution < 1.29 is 22.7 Å². The molecule has 0 aromatic heterocycles. The second kappa shape index (κ2) is 5.77. The number of rotatable bonds is 2. The van der Waals surface area contributed by atoms with Crippen LogP contribution in [0.3, 0.4) is 0 Å². The standard InChI is InChI=1S/C15H20N2O5S/c1-9-4-12-13(21-8-15(18)16-12)5-14(9)23(19,20)17-6-10(2)22-11(3)7-17/h4-5,10-11H,6-8H2,1-3H3,(H,16,18)/t10-,11-/m0/s1. The summed E-state index contributed by atoms with van der Waals surface area (Å²) >= 11 is 0. The first-order valence-electron chi connectivity index (χ1n) is 7.50. The Labute approximate surface area is 135 Å². The van der Waals surface area contributed by atoms with Crippen LogP contribution in [0.2, 0.25) is 0 Å². The fraction of sp³-hybridized carbons (Fsp3) is 0.533. The molecule has 0 aliphatic carbocycles. The van der Waals surface area contributed by atoms with Crippen molar-refractivity contribution in [1.29, 1.82) is 0 Å². The predicted octanol–water partition coefficient (Wildman–Crippen LogP) is 1.12. The van der Waals surface area contributed by atoms with E-state index in [9.17, 15) is 13.2 Å². The van der Waals surface area contributed by atoms with Crippen molar-refractivity contribution in [2.75, 3.05) is 25.0 Å². The Morgan fingerprint density at radius 2 is 1.87 bits per heavy atom. The molecule has 2 aliphatic heterocycles. The zero-order chi connectivity index (χ0) is 16.8. The fourth-order valence-corrected chi connectivity index (χ4v) is 4.77. The zero-order valence-corrected chi connectivity index (χ0v) is 14.1. The third-order valence-corrected chi connectivity index (χ3v) is 5.89. The van der Waals surface area contributed by atoms with Gasteiger partial charge in [0.05, 0.1) is 22.8 Å². The minimum absolute atomic E-state index is 0.110. The Kier molecular flexibility index (Phi) is 4.07. The molecule has 0 unspecified atom stereocenters. The maximum Gasteiger partial charge on any atom is 0.262 e. The number of fused-ring (bicyclic) bond motifs is 1. The largest absolute Gasteiger partial charge is 0.482 e. The van der Waals surface area contributed by atoms with Crippen LogP contribution in [-0.2, 0) is 19.6 Å². The van der Waals surface area contributed by atoms with E-state index in [1.807, 2.05) is 13.8 Å². The summed E-state index contributed by atoms with van der Waals surface area (Å²) in [6.45, 7) is 5.96. The van der Waals surface area contributed by atoms with Crippen LogP contribution in [0.1, 0.15) is 19.4 Å². The van der Waals surface area contributed by atoms with E-state index in [1.54, 1.807) is 13.0 Å². The van der Waals surface area contributed by atoms with Crippen LogP contribution in [0.15, 0.2) is 17.0 Å². The molecule has 0 bridgehead atoms. The van der Waals surface area contributed by atoms with E-state index in [0.717, 1.165) is 0 Å². The number of hydrogen-bond acceptors (Lipinski definition) is 5. The zero-order valence-electron chi connectivity index (χ0n) is 13.3. The number of ether oxygens (including phenoxy) is 2. The number of benzene rings is 1. The highest BCUT2D eigenvalue weighted by Gasteiger charge is 2.34. The number of aryl methyl sites for hydroxylation is 1. The summed E-state index contributed by atoms with van der Waals surface area (Å²) in [5.41, 5.74) is 1.07. The molecule has 7 nitrogen and oxygen atoms in total. The van der Waals surface area contributed by atoms with Crippen molar-refractivity contribution in [1.82, 2.24) is 4.31 Å². The van der Waals surface area contributed by atoms with Crippen molar-refractivity contribution in [2.45, 2.75) is 37.9 Å². The highest BCUT2D eigenvalue weighted by Crippen LogP contribution is 2.34. The number of anilines is 1. The lowest BCUT2D eigenvalue weighted by atomic mass is 10.2. The maximum atomic E-state index is 13.0. The van der Waals surface area contributed by atoms with Crippen LogP contribution < -0.4 is 10.1 Å². The van der Waals surface area contributed by atoms with Crippen molar-refractivity contribution in [3.8, 4) is 5.75 Å². The normalized spacial score (nSPS) is 25.4. The van der Waals surface area contributed by atoms with Gasteiger partial charge in [-0.1, -0.05) is 0 Å². The van der Waals surface area contributed by atoms with Gasteiger partial charge < -0.3 is 14.8 Å². The number of nitrogens with one attached hydrogen (secondary N) is 1. The highest BCUT2D eigenvalue weighted by atomic mass is 32.2. The number of morpholine rings is 1. The highest BCUT2D eigenvalue weighted by molar-refractivity contribution is 7.89. The molecule has 23 heavy (non-hydrogen) atoms. The van der Waals surface area contributed by atoms with Crippen LogP contribution in [0.5, 0.6) is 5.75 Å². The maximum absolute atomic E-state index is 13.0. The molecular formula is C15H20N2O5S. The SMILES string of the molecule is Cc1cc2c(cc1S(=O)(=O)N1C[C@H](C)O[C@@H](C)C1)OCC(=O)N2. The van der Waals surface area contributed by atoms with E-state index in [0.29, 0.717) is 30.1 Å². The van der Waals surface area contributed by atoms with E-state index in [2.05, 4.69) is 5.32 Å². The number of nitrogens with zero attached hydrogens (tertiary/aromatic N) is 1. The molecular weight excluding hydrogens is 320 g/mol. The summed E-state index contributed by atoms with van der Waals surface area (Å²) in [4.78, 5) is 11.6. The van der Waals surface area contributed by atoms with Crippen LogP contribution in [-0.4, -0.2) is 50.5 Å². The van der Waals surface area contributed by atoms with Crippen molar-refractivity contribution in [3.05, 3.63) is 17.7 Å². The van der Waals surface area contributed by atoms with Gasteiger partial charge in [0, 0.05) is 19.2 Å². The second-order valence-electron chi connectivity index (χ2n) is 6.03. The number of hydrogen-bond donors (Lipinski definition) is 1. The molecule has 1 amide bonds. The van der Waals surface area contributed by atoms with Gasteiger partial charge in [0.2, 0.25) is 10.0 Å². The van der Waals surface area contributed by atoms with Gasteiger partial charge in [0.15, 0.2) is 6.61 Å². The van der Waals surface area contributed by atoms with Crippen LogP contribution in [0.25, 0.3) is 0 Å². The van der Waals surface area contributed by atoms with Gasteiger partial charge in [-0.15, -0.1) is 0 Å². The summed E-state index contributed by atoms with van der Waals surface area (Å²) in [5, 5.41) is 2.68. The number of carbonyl (C=O) groups is 1. The minimum atomic E-state index is -3.64. The van der Waals surface area contributed by atoms with E-state index < -0.39 is 10.0 Å². The van der Waals surface area contributed by atoms with Crippen LogP contribution in [0, 0.1) is 6.92 Å². The van der Waals surface area contributed by atoms with E-state index in [-0.39, 0.29) is 29.6 Å². The summed E-state index contributed by atoms with van der Waals surface area (Å²) in [6.07, 6.45) is -0.302. The second-order valence-corrected chi connectivity index (χ2v) is 7.94. The van der Waals surface area contributed by atoms with Gasteiger partial charge in [-0.2, -0.15) is 4.31 Å². The fourth-order valence-electron chi connectivity index (χ4n) is 2.96. The molecule has 2 heterocycles. The Morgan fingerprint density at radius 3 is 2.52 bits per heavy atom. The molecule has 1 aromatic rings. The summed E-state index contributed by atoms with van der Waals surface area (Å²) in [6, 6.07) is 3.12. The molecule has 2 aliphatic rings. The molecule has 0 radical (unpaired) electrons. The van der Waals surface area contributed by atoms with Gasteiger partial charge in [0.25, 0.3) is 5.91 Å². The van der Waals surface area contributed by atoms with E-state index >= 15 is 0 Å². The van der Waals surface area contributed by atoms with Gasteiger partial charge in [0.1, 0.15) is 5.75 Å². The van der Waals surface area contributed by atoms with Crippen LogP contribution >= 0.6 is 0 Å². The van der Waals surface area contributed by atoms with Gasteiger partial charge in [-0.25, -0.2) is 8.42 Å². The summed E-state index contributed by atoms with van der Waals surface area (Å²) < 4.78 is 38.3.